The molecule has 0 atom stereocenters. The number of hydrogen-bond acceptors (Lipinski definition) is 4. The van der Waals surface area contributed by atoms with Crippen LogP contribution in [0.3, 0.4) is 0 Å². The maximum Gasteiger partial charge on any atom is 0.269 e. The lowest BCUT2D eigenvalue weighted by Crippen LogP contribution is -2.39. The van der Waals surface area contributed by atoms with Gasteiger partial charge in [-0.1, -0.05) is 13.8 Å². The van der Waals surface area contributed by atoms with Crippen molar-refractivity contribution >= 4 is 11.4 Å². The Kier molecular flexibility index (Phi) is 5.77. The van der Waals surface area contributed by atoms with Crippen molar-refractivity contribution in [3.05, 3.63) is 33.9 Å². The Morgan fingerprint density at radius 2 is 1.91 bits per heavy atom. The van der Waals surface area contributed by atoms with E-state index in [4.69, 9.17) is 0 Å². The second-order valence-corrected chi connectivity index (χ2v) is 6.14. The molecule has 5 heteroatoms. The van der Waals surface area contributed by atoms with E-state index in [1.807, 2.05) is 13.0 Å². The van der Waals surface area contributed by atoms with Crippen molar-refractivity contribution < 1.29 is 4.92 Å². The van der Waals surface area contributed by atoms with Crippen LogP contribution in [0.1, 0.15) is 32.3 Å². The van der Waals surface area contributed by atoms with Gasteiger partial charge in [0.15, 0.2) is 0 Å². The Bertz CT molecular complexity index is 507. The number of nitrogens with zero attached hydrogens (tertiary/aromatic N) is 3. The molecule has 0 aromatic heterocycles. The first-order valence-electron chi connectivity index (χ1n) is 8.27. The molecule has 1 heterocycles. The SMILES string of the molecule is CCN(CC)CC1CCN(c2ccc([N+](=O)[O-])cc2C)CC1. The lowest BCUT2D eigenvalue weighted by atomic mass is 9.95. The van der Waals surface area contributed by atoms with E-state index in [0.29, 0.717) is 0 Å². The largest absolute Gasteiger partial charge is 0.371 e. The molecule has 2 rings (SSSR count). The van der Waals surface area contributed by atoms with Crippen LogP contribution in [0.2, 0.25) is 0 Å². The van der Waals surface area contributed by atoms with E-state index in [1.54, 1.807) is 12.1 Å². The molecule has 0 aliphatic carbocycles. The first-order chi connectivity index (χ1) is 10.5. The van der Waals surface area contributed by atoms with Crippen LogP contribution in [0.4, 0.5) is 11.4 Å². The van der Waals surface area contributed by atoms with Crippen LogP contribution in [-0.2, 0) is 0 Å². The van der Waals surface area contributed by atoms with Gasteiger partial charge in [0.05, 0.1) is 4.92 Å². The van der Waals surface area contributed by atoms with Crippen LogP contribution in [0, 0.1) is 23.0 Å². The number of hydrogen-bond donors (Lipinski definition) is 0. The van der Waals surface area contributed by atoms with Gasteiger partial charge in [0.25, 0.3) is 5.69 Å². The van der Waals surface area contributed by atoms with Crippen molar-refractivity contribution in [2.24, 2.45) is 5.92 Å². The predicted molar refractivity (Wildman–Crippen MR) is 90.6 cm³/mol. The fourth-order valence-corrected chi connectivity index (χ4v) is 3.31. The molecule has 1 aliphatic rings. The van der Waals surface area contributed by atoms with E-state index < -0.39 is 0 Å². The van der Waals surface area contributed by atoms with Gasteiger partial charge in [0.1, 0.15) is 0 Å². The third-order valence-electron chi connectivity index (χ3n) is 4.76. The second-order valence-electron chi connectivity index (χ2n) is 6.14. The Hall–Kier alpha value is -1.62. The summed E-state index contributed by atoms with van der Waals surface area (Å²) in [4.78, 5) is 15.4. The zero-order chi connectivity index (χ0) is 16.1. The standard InChI is InChI=1S/C17H27N3O2/c1-4-18(5-2)13-15-8-10-19(11-9-15)17-7-6-16(20(21)22)12-14(17)3/h6-7,12,15H,4-5,8-11,13H2,1-3H3. The van der Waals surface area contributed by atoms with Crippen LogP contribution in [0.25, 0.3) is 0 Å². The molecule has 1 aliphatic heterocycles. The topological polar surface area (TPSA) is 49.6 Å². The van der Waals surface area contributed by atoms with Crippen LogP contribution in [-0.4, -0.2) is 42.5 Å². The van der Waals surface area contributed by atoms with Gasteiger partial charge in [-0.3, -0.25) is 10.1 Å². The maximum atomic E-state index is 10.8. The average Bonchev–Trinajstić information content (AvgIpc) is 2.53. The van der Waals surface area contributed by atoms with Crippen molar-refractivity contribution in [3.8, 4) is 0 Å². The predicted octanol–water partition coefficient (Wildman–Crippen LogP) is 3.46. The summed E-state index contributed by atoms with van der Waals surface area (Å²) in [6, 6.07) is 5.19. The molecule has 1 fully saturated rings. The molecule has 5 nitrogen and oxygen atoms in total. The minimum Gasteiger partial charge on any atom is -0.371 e. The molecule has 1 saturated heterocycles. The molecule has 1 aromatic rings. The summed E-state index contributed by atoms with van der Waals surface area (Å²) in [6.45, 7) is 11.9. The third-order valence-corrected chi connectivity index (χ3v) is 4.76. The lowest BCUT2D eigenvalue weighted by Gasteiger charge is -2.36. The zero-order valence-electron chi connectivity index (χ0n) is 13.9. The molecule has 122 valence electrons. The van der Waals surface area contributed by atoms with Crippen molar-refractivity contribution in [1.29, 1.82) is 0 Å². The third kappa shape index (κ3) is 3.97. The summed E-state index contributed by atoms with van der Waals surface area (Å²) in [5.41, 5.74) is 2.32. The molecule has 0 saturated carbocycles. The number of benzene rings is 1. The van der Waals surface area contributed by atoms with Gasteiger partial charge in [-0.15, -0.1) is 0 Å². The van der Waals surface area contributed by atoms with E-state index in [1.165, 1.54) is 19.4 Å². The van der Waals surface area contributed by atoms with Gasteiger partial charge in [-0.2, -0.15) is 0 Å². The molecule has 0 bridgehead atoms. The van der Waals surface area contributed by atoms with Gasteiger partial charge in [-0.05, 0) is 50.4 Å². The van der Waals surface area contributed by atoms with Gasteiger partial charge in [0.2, 0.25) is 0 Å². The van der Waals surface area contributed by atoms with E-state index in [0.717, 1.165) is 43.3 Å². The summed E-state index contributed by atoms with van der Waals surface area (Å²) in [6.07, 6.45) is 2.40. The van der Waals surface area contributed by atoms with Crippen LogP contribution < -0.4 is 4.90 Å². The molecular weight excluding hydrogens is 278 g/mol. The smallest absolute Gasteiger partial charge is 0.269 e. The fraction of sp³-hybridized carbons (Fsp3) is 0.647. The van der Waals surface area contributed by atoms with Crippen LogP contribution in [0.5, 0.6) is 0 Å². The minimum atomic E-state index is -0.326. The molecule has 1 aromatic carbocycles. The van der Waals surface area contributed by atoms with E-state index in [9.17, 15) is 10.1 Å². The normalized spacial score (nSPS) is 16.3. The van der Waals surface area contributed by atoms with Crippen LogP contribution in [0.15, 0.2) is 18.2 Å². The van der Waals surface area contributed by atoms with Crippen LogP contribution >= 0.6 is 0 Å². The van der Waals surface area contributed by atoms with E-state index >= 15 is 0 Å². The van der Waals surface area contributed by atoms with Gasteiger partial charge in [-0.25, -0.2) is 0 Å². The molecule has 0 spiro atoms. The molecule has 0 radical (unpaired) electrons. The molecule has 0 amide bonds. The Balaban J connectivity index is 1.95. The van der Waals surface area contributed by atoms with E-state index in [2.05, 4.69) is 23.6 Å². The summed E-state index contributed by atoms with van der Waals surface area (Å²) < 4.78 is 0. The number of non-ortho nitro benzene ring substituents is 1. The average molecular weight is 305 g/mol. The number of piperidine rings is 1. The highest BCUT2D eigenvalue weighted by molar-refractivity contribution is 5.57. The fourth-order valence-electron chi connectivity index (χ4n) is 3.31. The van der Waals surface area contributed by atoms with Crippen molar-refractivity contribution in [2.75, 3.05) is 37.6 Å². The zero-order valence-corrected chi connectivity index (χ0v) is 13.9. The maximum absolute atomic E-state index is 10.8. The number of aryl methyl sites for hydroxylation is 1. The molecule has 0 unspecified atom stereocenters. The van der Waals surface area contributed by atoms with E-state index in [-0.39, 0.29) is 10.6 Å². The molecule has 22 heavy (non-hydrogen) atoms. The highest BCUT2D eigenvalue weighted by Crippen LogP contribution is 2.29. The highest BCUT2D eigenvalue weighted by atomic mass is 16.6. The first kappa shape index (κ1) is 16.7. The van der Waals surface area contributed by atoms with Crippen molar-refractivity contribution in [3.63, 3.8) is 0 Å². The first-order valence-corrected chi connectivity index (χ1v) is 8.27. The Labute approximate surface area is 133 Å². The second kappa shape index (κ2) is 7.58. The van der Waals surface area contributed by atoms with Crippen molar-refractivity contribution in [2.45, 2.75) is 33.6 Å². The summed E-state index contributed by atoms with van der Waals surface area (Å²) in [5.74, 6) is 0.773. The minimum absolute atomic E-state index is 0.178. The molecular formula is C17H27N3O2. The summed E-state index contributed by atoms with van der Waals surface area (Å²) >= 11 is 0. The quantitative estimate of drug-likeness (QED) is 0.596. The molecule has 0 N–H and O–H groups in total. The van der Waals surface area contributed by atoms with Crippen molar-refractivity contribution in [1.82, 2.24) is 4.90 Å². The number of rotatable bonds is 6. The number of nitro groups is 1. The van der Waals surface area contributed by atoms with Gasteiger partial charge >= 0.3 is 0 Å². The Morgan fingerprint density at radius 1 is 1.27 bits per heavy atom. The lowest BCUT2D eigenvalue weighted by molar-refractivity contribution is -0.384. The monoisotopic (exact) mass is 305 g/mol. The highest BCUT2D eigenvalue weighted by Gasteiger charge is 2.22. The Morgan fingerprint density at radius 3 is 2.41 bits per heavy atom. The van der Waals surface area contributed by atoms with Gasteiger partial charge in [0, 0.05) is 37.5 Å². The summed E-state index contributed by atoms with van der Waals surface area (Å²) in [5, 5.41) is 10.8. The van der Waals surface area contributed by atoms with Gasteiger partial charge < -0.3 is 9.80 Å². The number of nitro benzene ring substituents is 1. The number of anilines is 1. The summed E-state index contributed by atoms with van der Waals surface area (Å²) in [7, 11) is 0.